The van der Waals surface area contributed by atoms with E-state index in [0.717, 1.165) is 17.5 Å². The third-order valence-corrected chi connectivity index (χ3v) is 5.74. The smallest absolute Gasteiger partial charge is 0.426 e. The second kappa shape index (κ2) is 8.68. The van der Waals surface area contributed by atoms with Crippen molar-refractivity contribution in [2.24, 2.45) is 17.3 Å². The molecule has 3 nitrogen and oxygen atoms in total. The first kappa shape index (κ1) is 22.8. The Labute approximate surface area is 184 Å². The van der Waals surface area contributed by atoms with E-state index in [1.807, 2.05) is 36.4 Å². The Hall–Kier alpha value is -2.91. The van der Waals surface area contributed by atoms with Crippen LogP contribution in [0.2, 0.25) is 0 Å². The van der Waals surface area contributed by atoms with Crippen LogP contribution >= 0.6 is 11.6 Å². The van der Waals surface area contributed by atoms with E-state index in [1.54, 1.807) is 32.0 Å². The summed E-state index contributed by atoms with van der Waals surface area (Å²) in [6.07, 6.45) is 0.846. The van der Waals surface area contributed by atoms with Crippen LogP contribution in [0.1, 0.15) is 25.5 Å². The average Bonchev–Trinajstić information content (AvgIpc) is 3.26. The van der Waals surface area contributed by atoms with Crippen molar-refractivity contribution in [3.8, 4) is 12.3 Å². The molecule has 1 N–H and O–H groups in total. The number of ether oxygens (including phenoxy) is 1. The maximum Gasteiger partial charge on any atom is 0.426 e. The predicted molar refractivity (Wildman–Crippen MR) is 115 cm³/mol. The van der Waals surface area contributed by atoms with Gasteiger partial charge in [0.15, 0.2) is 6.10 Å². The molecule has 1 saturated carbocycles. The lowest BCUT2D eigenvalue weighted by Gasteiger charge is -2.15. The molecule has 0 bridgehead atoms. The minimum atomic E-state index is -4.65. The van der Waals surface area contributed by atoms with Gasteiger partial charge in [0.2, 0.25) is 0 Å². The molecule has 0 saturated heterocycles. The first-order chi connectivity index (χ1) is 14.5. The third-order valence-electron chi connectivity index (χ3n) is 5.40. The Morgan fingerprint density at radius 3 is 2.45 bits per heavy atom. The van der Waals surface area contributed by atoms with E-state index >= 15 is 0 Å². The molecule has 0 heterocycles. The van der Waals surface area contributed by atoms with Crippen molar-refractivity contribution in [3.05, 3.63) is 71.3 Å². The fourth-order valence-corrected chi connectivity index (χ4v) is 3.68. The summed E-state index contributed by atoms with van der Waals surface area (Å²) in [6.45, 7) is 3.38. The van der Waals surface area contributed by atoms with Gasteiger partial charge < -0.3 is 10.1 Å². The molecule has 0 amide bonds. The van der Waals surface area contributed by atoms with Crippen molar-refractivity contribution in [2.75, 3.05) is 5.32 Å². The van der Waals surface area contributed by atoms with Crippen LogP contribution in [-0.4, -0.2) is 12.1 Å². The Bertz CT molecular complexity index is 1030. The van der Waals surface area contributed by atoms with E-state index in [0.29, 0.717) is 5.56 Å². The summed E-state index contributed by atoms with van der Waals surface area (Å²) in [5, 5.41) is 1.99. The molecule has 0 aliphatic heterocycles. The molecule has 0 aromatic heterocycles. The number of halogens is 4. The third kappa shape index (κ3) is 5.23. The lowest BCUT2D eigenvalue weighted by atomic mass is 10.1. The molecule has 1 aliphatic rings. The lowest BCUT2D eigenvalue weighted by Crippen LogP contribution is -2.14. The highest BCUT2D eigenvalue weighted by Crippen LogP contribution is 2.60. The molecule has 3 atom stereocenters. The van der Waals surface area contributed by atoms with Crippen LogP contribution in [0.5, 0.6) is 0 Å². The minimum Gasteiger partial charge on any atom is -0.444 e. The Morgan fingerprint density at radius 2 is 1.84 bits per heavy atom. The van der Waals surface area contributed by atoms with E-state index in [2.05, 4.69) is 11.2 Å². The van der Waals surface area contributed by atoms with Gasteiger partial charge >= 0.3 is 12.1 Å². The number of hydrogen-bond donors (Lipinski definition) is 1. The molecule has 3 unspecified atom stereocenters. The predicted octanol–water partition coefficient (Wildman–Crippen LogP) is 6.60. The lowest BCUT2D eigenvalue weighted by molar-refractivity contribution is -0.149. The Kier molecular flexibility index (Phi) is 6.38. The molecule has 2 aromatic rings. The molecule has 0 radical (unpaired) electrons. The topological polar surface area (TPSA) is 38.3 Å². The number of carbonyl (C=O) groups excluding carboxylic acids is 1. The van der Waals surface area contributed by atoms with Gasteiger partial charge in [0.05, 0.1) is 5.92 Å². The zero-order chi connectivity index (χ0) is 22.8. The molecular formula is C24H21ClF3NO2. The summed E-state index contributed by atoms with van der Waals surface area (Å²) < 4.78 is 43.7. The summed E-state index contributed by atoms with van der Waals surface area (Å²) in [5.41, 5.74) is 1.50. The number of para-hydroxylation sites is 1. The van der Waals surface area contributed by atoms with Crippen LogP contribution in [0.25, 0.3) is 0 Å². The van der Waals surface area contributed by atoms with Crippen molar-refractivity contribution < 1.29 is 22.7 Å². The molecule has 1 aliphatic carbocycles. The first-order valence-electron chi connectivity index (χ1n) is 9.57. The summed E-state index contributed by atoms with van der Waals surface area (Å²) in [5.74, 6) is 0.346. The largest absolute Gasteiger partial charge is 0.444 e. The number of anilines is 2. The number of alkyl halides is 3. The van der Waals surface area contributed by atoms with Crippen LogP contribution in [0.4, 0.5) is 24.5 Å². The standard InChI is InChI=1S/C24H21ClF3NO2/c1-4-19(15-9-8-12-17(13-15)29-16-10-6-5-7-11-16)31-22(30)21-18(23(21,2)3)14-20(25)24(26,27)28/h1,5-14,18-19,21,29H,2-3H3. The normalized spacial score (nSPS) is 21.0. The van der Waals surface area contributed by atoms with E-state index in [4.69, 9.17) is 22.8 Å². The minimum absolute atomic E-state index is 0.579. The molecule has 3 rings (SSSR count). The average molecular weight is 448 g/mol. The van der Waals surface area contributed by atoms with Crippen molar-refractivity contribution in [2.45, 2.75) is 26.1 Å². The SMILES string of the molecule is C#CC(OC(=O)C1C(C=C(Cl)C(F)(F)F)C1(C)C)c1cccc(Nc2ccccc2)c1. The quantitative estimate of drug-likeness (QED) is 0.400. The van der Waals surface area contributed by atoms with Crippen LogP contribution in [0.15, 0.2) is 65.7 Å². The second-order valence-corrected chi connectivity index (χ2v) is 8.34. The van der Waals surface area contributed by atoms with Crippen LogP contribution in [0.3, 0.4) is 0 Å². The van der Waals surface area contributed by atoms with Crippen molar-refractivity contribution in [1.29, 1.82) is 0 Å². The van der Waals surface area contributed by atoms with Gasteiger partial charge in [0, 0.05) is 16.9 Å². The fourth-order valence-electron chi connectivity index (χ4n) is 3.55. The summed E-state index contributed by atoms with van der Waals surface area (Å²) in [6, 6.07) is 16.6. The highest BCUT2D eigenvalue weighted by atomic mass is 35.5. The van der Waals surface area contributed by atoms with Gasteiger partial charge in [0.25, 0.3) is 0 Å². The number of benzene rings is 2. The number of terminal acetylenes is 1. The van der Waals surface area contributed by atoms with Crippen LogP contribution in [-0.2, 0) is 9.53 Å². The Morgan fingerprint density at radius 1 is 1.19 bits per heavy atom. The fraction of sp³-hybridized carbons (Fsp3) is 0.292. The molecule has 31 heavy (non-hydrogen) atoms. The van der Waals surface area contributed by atoms with E-state index in [1.165, 1.54) is 0 Å². The van der Waals surface area contributed by atoms with E-state index < -0.39 is 40.5 Å². The summed E-state index contributed by atoms with van der Waals surface area (Å²) in [4.78, 5) is 12.7. The van der Waals surface area contributed by atoms with Crippen molar-refractivity contribution >= 4 is 28.9 Å². The number of allylic oxidation sites excluding steroid dienone is 2. The highest BCUT2D eigenvalue weighted by Gasteiger charge is 2.62. The molecule has 162 valence electrons. The number of carbonyl (C=O) groups is 1. The van der Waals surface area contributed by atoms with Gasteiger partial charge in [-0.15, -0.1) is 6.42 Å². The van der Waals surface area contributed by atoms with Crippen LogP contribution in [0, 0.1) is 29.6 Å². The Balaban J connectivity index is 1.72. The first-order valence-corrected chi connectivity index (χ1v) is 9.95. The van der Waals surface area contributed by atoms with Crippen LogP contribution < -0.4 is 5.32 Å². The number of esters is 1. The summed E-state index contributed by atoms with van der Waals surface area (Å²) in [7, 11) is 0. The second-order valence-electron chi connectivity index (χ2n) is 7.94. The van der Waals surface area contributed by atoms with Gasteiger partial charge in [0.1, 0.15) is 5.03 Å². The number of nitrogens with one attached hydrogen (secondary N) is 1. The zero-order valence-corrected chi connectivity index (χ0v) is 17.7. The van der Waals surface area contributed by atoms with Crippen molar-refractivity contribution in [1.82, 2.24) is 0 Å². The zero-order valence-electron chi connectivity index (χ0n) is 16.9. The maximum absolute atomic E-state index is 12.7. The van der Waals surface area contributed by atoms with Crippen molar-refractivity contribution in [3.63, 3.8) is 0 Å². The van der Waals surface area contributed by atoms with Gasteiger partial charge in [-0.3, -0.25) is 4.79 Å². The van der Waals surface area contributed by atoms with Gasteiger partial charge in [-0.1, -0.05) is 67.8 Å². The molecule has 1 fully saturated rings. The number of hydrogen-bond acceptors (Lipinski definition) is 3. The maximum atomic E-state index is 12.7. The molecule has 7 heteroatoms. The summed E-state index contributed by atoms with van der Waals surface area (Å²) >= 11 is 5.35. The van der Waals surface area contributed by atoms with Gasteiger partial charge in [-0.05, 0) is 35.6 Å². The van der Waals surface area contributed by atoms with E-state index in [-0.39, 0.29) is 0 Å². The highest BCUT2D eigenvalue weighted by molar-refractivity contribution is 6.30. The molecule has 2 aromatic carbocycles. The molecule has 0 spiro atoms. The van der Waals surface area contributed by atoms with Gasteiger partial charge in [-0.2, -0.15) is 13.2 Å². The monoisotopic (exact) mass is 447 g/mol. The molecular weight excluding hydrogens is 427 g/mol. The van der Waals surface area contributed by atoms with Gasteiger partial charge in [-0.25, -0.2) is 0 Å². The number of rotatable bonds is 6. The van der Waals surface area contributed by atoms with E-state index in [9.17, 15) is 18.0 Å².